The Hall–Kier alpha value is -3.42. The topological polar surface area (TPSA) is 103 Å². The van der Waals surface area contributed by atoms with Crippen LogP contribution in [0.3, 0.4) is 0 Å². The predicted octanol–water partition coefficient (Wildman–Crippen LogP) is 4.53. The number of nitro benzene ring substituents is 1. The molecule has 0 spiro atoms. The van der Waals surface area contributed by atoms with E-state index in [1.807, 2.05) is 12.1 Å². The van der Waals surface area contributed by atoms with Crippen LogP contribution >= 0.6 is 0 Å². The Labute approximate surface area is 156 Å². The molecular weight excluding hydrogens is 348 g/mol. The van der Waals surface area contributed by atoms with Crippen LogP contribution in [0.5, 0.6) is 5.75 Å². The highest BCUT2D eigenvalue weighted by molar-refractivity contribution is 5.70. The van der Waals surface area contributed by atoms with Crippen molar-refractivity contribution in [3.05, 3.63) is 52.6 Å². The Balaban J connectivity index is 1.86. The minimum absolute atomic E-state index is 0.0206. The zero-order valence-corrected chi connectivity index (χ0v) is 15.1. The van der Waals surface area contributed by atoms with Crippen molar-refractivity contribution in [3.8, 4) is 28.6 Å². The van der Waals surface area contributed by atoms with Gasteiger partial charge in [-0.3, -0.25) is 10.1 Å². The van der Waals surface area contributed by atoms with E-state index in [0.717, 1.165) is 24.2 Å². The van der Waals surface area contributed by atoms with Gasteiger partial charge in [0.25, 0.3) is 11.6 Å². The Bertz CT molecular complexity index is 922. The molecule has 0 atom stereocenters. The lowest BCUT2D eigenvalue weighted by atomic mass is 10.1. The molecule has 0 saturated heterocycles. The summed E-state index contributed by atoms with van der Waals surface area (Å²) < 4.78 is 10.4. The van der Waals surface area contributed by atoms with Crippen molar-refractivity contribution in [2.45, 2.75) is 19.8 Å². The van der Waals surface area contributed by atoms with E-state index in [-0.39, 0.29) is 11.6 Å². The summed E-state index contributed by atoms with van der Waals surface area (Å²) in [5.41, 5.74) is 1.72. The van der Waals surface area contributed by atoms with Gasteiger partial charge in [0.2, 0.25) is 5.82 Å². The lowest BCUT2D eigenvalue weighted by Gasteiger charge is -2.06. The normalized spacial score (nSPS) is 10.6. The first-order valence-corrected chi connectivity index (χ1v) is 8.63. The van der Waals surface area contributed by atoms with E-state index >= 15 is 0 Å². The van der Waals surface area contributed by atoms with E-state index in [0.29, 0.717) is 23.6 Å². The minimum atomic E-state index is -0.418. The molecule has 0 amide bonds. The van der Waals surface area contributed by atoms with Crippen LogP contribution in [0.15, 0.2) is 47.0 Å². The first-order chi connectivity index (χ1) is 13.1. The van der Waals surface area contributed by atoms with Gasteiger partial charge in [-0.2, -0.15) is 4.98 Å². The fraction of sp³-hybridized carbons (Fsp3) is 0.263. The van der Waals surface area contributed by atoms with Gasteiger partial charge in [-0.15, -0.1) is 0 Å². The number of rotatable bonds is 8. The average Bonchev–Trinajstić information content (AvgIpc) is 3.18. The molecule has 27 heavy (non-hydrogen) atoms. The smallest absolute Gasteiger partial charge is 0.293 e. The molecule has 0 fully saturated rings. The highest BCUT2D eigenvalue weighted by atomic mass is 16.6. The van der Waals surface area contributed by atoms with Crippen molar-refractivity contribution in [2.24, 2.45) is 0 Å². The molecule has 8 nitrogen and oxygen atoms in total. The van der Waals surface area contributed by atoms with Gasteiger partial charge >= 0.3 is 0 Å². The van der Waals surface area contributed by atoms with Crippen molar-refractivity contribution in [2.75, 3.05) is 19.0 Å². The molecule has 0 bridgehead atoms. The number of ether oxygens (including phenoxy) is 1. The molecule has 140 valence electrons. The first kappa shape index (κ1) is 18.4. The summed E-state index contributed by atoms with van der Waals surface area (Å²) in [7, 11) is 1.59. The van der Waals surface area contributed by atoms with Gasteiger partial charge in [0.1, 0.15) is 11.4 Å². The van der Waals surface area contributed by atoms with Crippen molar-refractivity contribution in [3.63, 3.8) is 0 Å². The number of nitrogens with zero attached hydrogens (tertiary/aromatic N) is 3. The largest absolute Gasteiger partial charge is 0.497 e. The zero-order valence-electron chi connectivity index (χ0n) is 15.1. The fourth-order valence-corrected chi connectivity index (χ4v) is 2.56. The van der Waals surface area contributed by atoms with Gasteiger partial charge in [0.15, 0.2) is 0 Å². The number of methoxy groups -OCH3 is 1. The maximum atomic E-state index is 11.4. The Kier molecular flexibility index (Phi) is 5.65. The Morgan fingerprint density at radius 3 is 2.59 bits per heavy atom. The molecule has 0 aliphatic heterocycles. The molecule has 1 heterocycles. The van der Waals surface area contributed by atoms with E-state index < -0.39 is 4.92 Å². The minimum Gasteiger partial charge on any atom is -0.497 e. The molecule has 3 aromatic rings. The van der Waals surface area contributed by atoms with E-state index in [1.165, 1.54) is 6.07 Å². The van der Waals surface area contributed by atoms with Crippen LogP contribution in [0.4, 0.5) is 11.4 Å². The molecule has 0 aliphatic carbocycles. The Morgan fingerprint density at radius 1 is 1.19 bits per heavy atom. The lowest BCUT2D eigenvalue weighted by Crippen LogP contribution is -2.04. The van der Waals surface area contributed by atoms with E-state index in [1.54, 1.807) is 31.4 Å². The number of benzene rings is 2. The second-order valence-electron chi connectivity index (χ2n) is 5.92. The van der Waals surface area contributed by atoms with Gasteiger partial charge in [-0.05, 0) is 42.8 Å². The molecule has 0 radical (unpaired) electrons. The Morgan fingerprint density at radius 2 is 1.93 bits per heavy atom. The summed E-state index contributed by atoms with van der Waals surface area (Å²) in [4.78, 5) is 15.3. The highest BCUT2D eigenvalue weighted by Gasteiger charge is 2.18. The molecule has 1 aromatic heterocycles. The number of aromatic nitrogens is 2. The van der Waals surface area contributed by atoms with Gasteiger partial charge in [-0.25, -0.2) is 0 Å². The SMILES string of the molecule is CCCCNc1ccc(-c2nc(-c3ccc(OC)cc3)no2)cc1[N+](=O)[O-]. The third kappa shape index (κ3) is 4.22. The van der Waals surface area contributed by atoms with Crippen LogP contribution in [0.1, 0.15) is 19.8 Å². The van der Waals surface area contributed by atoms with E-state index in [9.17, 15) is 10.1 Å². The average molecular weight is 368 g/mol. The number of unbranched alkanes of at least 4 members (excludes halogenated alkanes) is 1. The lowest BCUT2D eigenvalue weighted by molar-refractivity contribution is -0.383. The van der Waals surface area contributed by atoms with Crippen LogP contribution in [0, 0.1) is 10.1 Å². The van der Waals surface area contributed by atoms with Gasteiger partial charge in [-0.1, -0.05) is 18.5 Å². The summed E-state index contributed by atoms with van der Waals surface area (Å²) in [6.45, 7) is 2.74. The second kappa shape index (κ2) is 8.31. The summed E-state index contributed by atoms with van der Waals surface area (Å²) in [5.74, 6) is 1.36. The second-order valence-corrected chi connectivity index (χ2v) is 5.92. The van der Waals surface area contributed by atoms with E-state index in [4.69, 9.17) is 9.26 Å². The standard InChI is InChI=1S/C19H20N4O4/c1-3-4-11-20-16-10-7-14(12-17(16)23(24)25)19-21-18(22-27-19)13-5-8-15(26-2)9-6-13/h5-10,12,20H,3-4,11H2,1-2H3. The number of hydrogen-bond donors (Lipinski definition) is 1. The van der Waals surface area contributed by atoms with Crippen LogP contribution < -0.4 is 10.1 Å². The van der Waals surface area contributed by atoms with Crippen molar-refractivity contribution in [1.29, 1.82) is 0 Å². The van der Waals surface area contributed by atoms with Crippen molar-refractivity contribution >= 4 is 11.4 Å². The maximum absolute atomic E-state index is 11.4. The molecular formula is C19H20N4O4. The quantitative estimate of drug-likeness (QED) is 0.354. The van der Waals surface area contributed by atoms with Crippen LogP contribution in [-0.4, -0.2) is 28.7 Å². The van der Waals surface area contributed by atoms with Crippen LogP contribution in [-0.2, 0) is 0 Å². The first-order valence-electron chi connectivity index (χ1n) is 8.63. The van der Waals surface area contributed by atoms with Crippen LogP contribution in [0.2, 0.25) is 0 Å². The van der Waals surface area contributed by atoms with Gasteiger partial charge in [0.05, 0.1) is 12.0 Å². The number of hydrogen-bond acceptors (Lipinski definition) is 7. The third-order valence-electron chi connectivity index (χ3n) is 4.06. The highest BCUT2D eigenvalue weighted by Crippen LogP contribution is 2.31. The summed E-state index contributed by atoms with van der Waals surface area (Å²) in [6, 6.07) is 12.1. The molecule has 1 N–H and O–H groups in total. The summed E-state index contributed by atoms with van der Waals surface area (Å²) in [6.07, 6.45) is 1.95. The molecule has 2 aromatic carbocycles. The zero-order chi connectivity index (χ0) is 19.2. The third-order valence-corrected chi connectivity index (χ3v) is 4.06. The number of nitro groups is 1. The van der Waals surface area contributed by atoms with Crippen molar-refractivity contribution < 1.29 is 14.2 Å². The predicted molar refractivity (Wildman–Crippen MR) is 102 cm³/mol. The molecule has 0 unspecified atom stereocenters. The monoisotopic (exact) mass is 368 g/mol. The van der Waals surface area contributed by atoms with Crippen molar-refractivity contribution in [1.82, 2.24) is 10.1 Å². The molecule has 0 aliphatic rings. The molecule has 0 saturated carbocycles. The van der Waals surface area contributed by atoms with E-state index in [2.05, 4.69) is 22.4 Å². The van der Waals surface area contributed by atoms with Crippen LogP contribution in [0.25, 0.3) is 22.8 Å². The maximum Gasteiger partial charge on any atom is 0.293 e. The summed E-state index contributed by atoms with van der Waals surface area (Å²) >= 11 is 0. The molecule has 8 heteroatoms. The van der Waals surface area contributed by atoms with Gasteiger partial charge in [0, 0.05) is 23.7 Å². The number of nitrogens with one attached hydrogen (secondary N) is 1. The fourth-order valence-electron chi connectivity index (χ4n) is 2.56. The van der Waals surface area contributed by atoms with Gasteiger partial charge < -0.3 is 14.6 Å². The molecule has 3 rings (SSSR count). The number of anilines is 1. The summed E-state index contributed by atoms with van der Waals surface area (Å²) in [5, 5.41) is 18.5.